The minimum atomic E-state index is -4.77. The van der Waals surface area contributed by atoms with Crippen LogP contribution in [0.15, 0.2) is 35.7 Å². The highest BCUT2D eigenvalue weighted by Crippen LogP contribution is 2.32. The number of alkyl halides is 4. The number of aliphatic hydroxyl groups is 3. The first-order chi connectivity index (χ1) is 13.7. The first kappa shape index (κ1) is 21.8. The van der Waals surface area contributed by atoms with Crippen molar-refractivity contribution in [1.29, 1.82) is 0 Å². The SMILES string of the molecule is OCC1OC(Oc2ccsc2Cc2ccc(OC(F)(F)F)cc2)[C@@H](O)C(O)C1F. The summed E-state index contributed by atoms with van der Waals surface area (Å²) in [4.78, 5) is 0.669. The minimum Gasteiger partial charge on any atom is -0.461 e. The lowest BCUT2D eigenvalue weighted by molar-refractivity contribution is -0.274. The summed E-state index contributed by atoms with van der Waals surface area (Å²) in [5.41, 5.74) is 0.675. The van der Waals surface area contributed by atoms with Gasteiger partial charge in [-0.15, -0.1) is 24.5 Å². The van der Waals surface area contributed by atoms with Crippen LogP contribution in [0.4, 0.5) is 17.6 Å². The number of hydrogen-bond acceptors (Lipinski definition) is 7. The van der Waals surface area contributed by atoms with E-state index in [0.29, 0.717) is 22.6 Å². The highest BCUT2D eigenvalue weighted by Gasteiger charge is 2.46. The van der Waals surface area contributed by atoms with E-state index >= 15 is 0 Å². The van der Waals surface area contributed by atoms with Gasteiger partial charge in [0.15, 0.2) is 6.17 Å². The summed E-state index contributed by atoms with van der Waals surface area (Å²) in [6.45, 7) is -0.701. The molecule has 1 saturated heterocycles. The highest BCUT2D eigenvalue weighted by molar-refractivity contribution is 7.10. The van der Waals surface area contributed by atoms with Crippen molar-refractivity contribution in [3.05, 3.63) is 46.2 Å². The number of benzene rings is 1. The van der Waals surface area contributed by atoms with Gasteiger partial charge in [-0.2, -0.15) is 0 Å². The Balaban J connectivity index is 1.68. The zero-order valence-electron chi connectivity index (χ0n) is 14.8. The smallest absolute Gasteiger partial charge is 0.461 e. The molecule has 1 fully saturated rings. The fourth-order valence-corrected chi connectivity index (χ4v) is 3.66. The summed E-state index contributed by atoms with van der Waals surface area (Å²) in [6.07, 6.45) is -12.6. The maximum atomic E-state index is 13.8. The molecule has 3 rings (SSSR count). The van der Waals surface area contributed by atoms with Gasteiger partial charge in [0, 0.05) is 6.42 Å². The summed E-state index contributed by atoms with van der Waals surface area (Å²) in [7, 11) is 0. The zero-order valence-corrected chi connectivity index (χ0v) is 15.6. The van der Waals surface area contributed by atoms with Crippen LogP contribution in [0.1, 0.15) is 10.4 Å². The van der Waals surface area contributed by atoms with E-state index in [1.165, 1.54) is 35.6 Å². The van der Waals surface area contributed by atoms with E-state index in [0.717, 1.165) is 0 Å². The predicted molar refractivity (Wildman–Crippen MR) is 93.5 cm³/mol. The standard InChI is InChI=1S/C18H18F4O6S/c19-14-12(8-23)27-17(16(25)15(14)24)26-11-5-6-29-13(11)7-9-1-3-10(4-2-9)28-18(20,21)22/h1-6,12,14-17,23-25H,7-8H2/t12?,14?,15?,16-,17?/m0/s1. The molecule has 1 aromatic heterocycles. The van der Waals surface area contributed by atoms with E-state index in [1.807, 2.05) is 0 Å². The number of aliphatic hydroxyl groups excluding tert-OH is 3. The van der Waals surface area contributed by atoms with Gasteiger partial charge in [0.2, 0.25) is 6.29 Å². The van der Waals surface area contributed by atoms with Gasteiger partial charge in [-0.25, -0.2) is 4.39 Å². The van der Waals surface area contributed by atoms with Crippen LogP contribution in [0, 0.1) is 0 Å². The summed E-state index contributed by atoms with van der Waals surface area (Å²) >= 11 is 1.30. The van der Waals surface area contributed by atoms with Crippen molar-refractivity contribution in [2.75, 3.05) is 6.61 Å². The maximum absolute atomic E-state index is 13.8. The number of rotatable bonds is 6. The molecule has 11 heteroatoms. The Hall–Kier alpha value is -1.92. The van der Waals surface area contributed by atoms with Crippen molar-refractivity contribution < 1.29 is 47.1 Å². The quantitative estimate of drug-likeness (QED) is 0.601. The van der Waals surface area contributed by atoms with E-state index in [2.05, 4.69) is 4.74 Å². The van der Waals surface area contributed by atoms with Gasteiger partial charge in [0.05, 0.1) is 11.5 Å². The minimum absolute atomic E-state index is 0.302. The Bertz CT molecular complexity index is 794. The molecule has 1 aliphatic rings. The molecule has 0 bridgehead atoms. The Morgan fingerprint density at radius 1 is 1.07 bits per heavy atom. The molecule has 5 atom stereocenters. The van der Waals surface area contributed by atoms with Gasteiger partial charge in [-0.1, -0.05) is 12.1 Å². The van der Waals surface area contributed by atoms with Crippen LogP contribution < -0.4 is 9.47 Å². The zero-order chi connectivity index (χ0) is 21.2. The third kappa shape index (κ3) is 5.37. The average Bonchev–Trinajstić information content (AvgIpc) is 3.09. The molecule has 2 aromatic rings. The lowest BCUT2D eigenvalue weighted by Gasteiger charge is -2.38. The van der Waals surface area contributed by atoms with Crippen molar-refractivity contribution in [2.45, 2.75) is 43.6 Å². The third-order valence-electron chi connectivity index (χ3n) is 4.27. The Labute approximate surface area is 166 Å². The van der Waals surface area contributed by atoms with Crippen LogP contribution in [0.2, 0.25) is 0 Å². The van der Waals surface area contributed by atoms with E-state index in [9.17, 15) is 27.8 Å². The Kier molecular flexibility index (Phi) is 6.64. The molecule has 4 unspecified atom stereocenters. The van der Waals surface area contributed by atoms with E-state index in [1.54, 1.807) is 11.4 Å². The van der Waals surface area contributed by atoms with Crippen LogP contribution in [0.3, 0.4) is 0 Å². The first-order valence-electron chi connectivity index (χ1n) is 8.52. The lowest BCUT2D eigenvalue weighted by atomic mass is 10.0. The second-order valence-electron chi connectivity index (χ2n) is 6.35. The van der Waals surface area contributed by atoms with Crippen LogP contribution in [0.25, 0.3) is 0 Å². The van der Waals surface area contributed by atoms with Gasteiger partial charge in [0.1, 0.15) is 29.8 Å². The average molecular weight is 438 g/mol. The molecule has 29 heavy (non-hydrogen) atoms. The molecule has 1 aromatic carbocycles. The summed E-state index contributed by atoms with van der Waals surface area (Å²) in [5.74, 6) is -0.0386. The molecule has 0 radical (unpaired) electrons. The Morgan fingerprint density at radius 3 is 2.38 bits per heavy atom. The van der Waals surface area contributed by atoms with Crippen molar-refractivity contribution >= 4 is 11.3 Å². The normalized spacial score (nSPS) is 27.6. The lowest BCUT2D eigenvalue weighted by Crippen LogP contribution is -2.58. The van der Waals surface area contributed by atoms with Crippen molar-refractivity contribution in [3.63, 3.8) is 0 Å². The van der Waals surface area contributed by atoms with Crippen molar-refractivity contribution in [2.24, 2.45) is 0 Å². The van der Waals surface area contributed by atoms with Crippen LogP contribution in [-0.2, 0) is 11.2 Å². The van der Waals surface area contributed by atoms with E-state index in [-0.39, 0.29) is 5.75 Å². The monoisotopic (exact) mass is 438 g/mol. The molecule has 3 N–H and O–H groups in total. The molecule has 6 nitrogen and oxygen atoms in total. The first-order valence-corrected chi connectivity index (χ1v) is 9.40. The van der Waals surface area contributed by atoms with E-state index < -0.39 is 43.7 Å². The molecule has 0 aliphatic carbocycles. The van der Waals surface area contributed by atoms with Gasteiger partial charge in [-0.05, 0) is 29.1 Å². The highest BCUT2D eigenvalue weighted by atomic mass is 32.1. The molecule has 2 heterocycles. The molecule has 1 aliphatic heterocycles. The topological polar surface area (TPSA) is 88.4 Å². The van der Waals surface area contributed by atoms with Gasteiger partial charge >= 0.3 is 6.36 Å². The van der Waals surface area contributed by atoms with Gasteiger partial charge in [-0.3, -0.25) is 0 Å². The van der Waals surface area contributed by atoms with E-state index in [4.69, 9.17) is 14.6 Å². The van der Waals surface area contributed by atoms with Crippen molar-refractivity contribution in [1.82, 2.24) is 0 Å². The summed E-state index contributed by atoms with van der Waals surface area (Å²) < 4.78 is 65.1. The maximum Gasteiger partial charge on any atom is 0.573 e. The number of thiophene rings is 1. The van der Waals surface area contributed by atoms with Gasteiger partial charge in [0.25, 0.3) is 0 Å². The number of halogens is 4. The van der Waals surface area contributed by atoms with Gasteiger partial charge < -0.3 is 29.5 Å². The summed E-state index contributed by atoms with van der Waals surface area (Å²) in [5, 5.41) is 30.6. The second-order valence-corrected chi connectivity index (χ2v) is 7.35. The molecule has 0 saturated carbocycles. The molecule has 0 spiro atoms. The fraction of sp³-hybridized carbons (Fsp3) is 0.444. The van der Waals surface area contributed by atoms with Crippen molar-refractivity contribution in [3.8, 4) is 11.5 Å². The molecular formula is C18H18F4O6S. The van der Waals surface area contributed by atoms with Crippen LogP contribution >= 0.6 is 11.3 Å². The largest absolute Gasteiger partial charge is 0.573 e. The summed E-state index contributed by atoms with van der Waals surface area (Å²) in [6, 6.07) is 6.90. The molecule has 160 valence electrons. The van der Waals surface area contributed by atoms with Crippen LogP contribution in [0.5, 0.6) is 11.5 Å². The molecular weight excluding hydrogens is 420 g/mol. The number of hydrogen-bond donors (Lipinski definition) is 3. The molecule has 0 amide bonds. The Morgan fingerprint density at radius 2 is 1.76 bits per heavy atom. The predicted octanol–water partition coefficient (Wildman–Crippen LogP) is 2.39. The second kappa shape index (κ2) is 8.84. The van der Waals surface area contributed by atoms with Crippen LogP contribution in [-0.4, -0.2) is 59.1 Å². The fourth-order valence-electron chi connectivity index (χ4n) is 2.82. The third-order valence-corrected chi connectivity index (χ3v) is 5.17. The number of ether oxygens (including phenoxy) is 3.